The van der Waals surface area contributed by atoms with E-state index in [9.17, 15) is 18.3 Å². The van der Waals surface area contributed by atoms with Crippen molar-refractivity contribution in [3.63, 3.8) is 0 Å². The number of sulfonamides is 1. The van der Waals surface area contributed by atoms with Crippen molar-refractivity contribution in [2.75, 3.05) is 19.3 Å². The molecule has 0 fully saturated rings. The molecule has 0 aliphatic rings. The lowest BCUT2D eigenvalue weighted by Gasteiger charge is -2.20. The number of carboxylic acid groups (broad SMARTS) is 1. The second-order valence-electron chi connectivity index (χ2n) is 7.04. The number of nitrogens with zero attached hydrogens (tertiary/aromatic N) is 1. The van der Waals surface area contributed by atoms with E-state index in [1.54, 1.807) is 6.92 Å². The Morgan fingerprint density at radius 2 is 1.52 bits per heavy atom. The third-order valence-electron chi connectivity index (χ3n) is 4.52. The first-order chi connectivity index (χ1) is 11.7. The largest absolute Gasteiger partial charge is 0.481 e. The molecule has 0 rings (SSSR count). The summed E-state index contributed by atoms with van der Waals surface area (Å²) >= 11 is 0. The molecule has 0 amide bonds. The van der Waals surface area contributed by atoms with Gasteiger partial charge in [-0.1, -0.05) is 46.0 Å². The van der Waals surface area contributed by atoms with E-state index in [1.165, 1.54) is 10.6 Å². The first kappa shape index (κ1) is 24.3. The maximum Gasteiger partial charge on any atom is 0.306 e. The molecule has 0 radical (unpaired) electrons. The molecular weight excluding hydrogens is 342 g/mol. The summed E-state index contributed by atoms with van der Waals surface area (Å²) in [6.45, 7) is 4.72. The van der Waals surface area contributed by atoms with Gasteiger partial charge in [-0.2, -0.15) is 0 Å². The highest BCUT2D eigenvalue weighted by atomic mass is 32.2. The third kappa shape index (κ3) is 13.2. The first-order valence-corrected chi connectivity index (χ1v) is 11.4. The van der Waals surface area contributed by atoms with Gasteiger partial charge in [0.2, 0.25) is 10.0 Å². The zero-order chi connectivity index (χ0) is 19.3. The van der Waals surface area contributed by atoms with E-state index in [0.29, 0.717) is 32.4 Å². The average Bonchev–Trinajstić information content (AvgIpc) is 2.51. The molecule has 0 aliphatic heterocycles. The van der Waals surface area contributed by atoms with Crippen LogP contribution >= 0.6 is 0 Å². The Hall–Kier alpha value is -0.660. The monoisotopic (exact) mass is 379 g/mol. The van der Waals surface area contributed by atoms with Crippen LogP contribution in [0.2, 0.25) is 0 Å². The number of carboxylic acids is 1. The van der Waals surface area contributed by atoms with Gasteiger partial charge in [-0.3, -0.25) is 4.79 Å². The topological polar surface area (TPSA) is 94.9 Å². The molecule has 0 saturated heterocycles. The van der Waals surface area contributed by atoms with E-state index in [2.05, 4.69) is 6.92 Å². The molecule has 6 nitrogen and oxygen atoms in total. The zero-order valence-electron chi connectivity index (χ0n) is 16.1. The molecule has 2 N–H and O–H groups in total. The van der Waals surface area contributed by atoms with Gasteiger partial charge in [0.05, 0.1) is 18.3 Å². The number of aliphatic hydroxyl groups excluding tert-OH is 1. The molecular formula is C18H37NO5S. The molecule has 7 heteroatoms. The van der Waals surface area contributed by atoms with Gasteiger partial charge in [-0.05, 0) is 32.1 Å². The minimum atomic E-state index is -3.24. The number of aliphatic hydroxyl groups is 1. The van der Waals surface area contributed by atoms with Crippen LogP contribution in [0.5, 0.6) is 0 Å². The molecule has 150 valence electrons. The highest BCUT2D eigenvalue weighted by Crippen LogP contribution is 2.13. The van der Waals surface area contributed by atoms with Crippen molar-refractivity contribution >= 4 is 16.0 Å². The Morgan fingerprint density at radius 1 is 0.960 bits per heavy atom. The Morgan fingerprint density at radius 3 is 2.08 bits per heavy atom. The van der Waals surface area contributed by atoms with E-state index in [1.807, 2.05) is 0 Å². The Kier molecular flexibility index (Phi) is 13.2. The summed E-state index contributed by atoms with van der Waals surface area (Å²) in [5.74, 6) is -1.13. The van der Waals surface area contributed by atoms with E-state index < -0.39 is 16.0 Å². The zero-order valence-corrected chi connectivity index (χ0v) is 16.9. The summed E-state index contributed by atoms with van der Waals surface area (Å²) in [4.78, 5) is 10.8. The van der Waals surface area contributed by atoms with Gasteiger partial charge in [0.1, 0.15) is 0 Å². The number of hydrogen-bond donors (Lipinski definition) is 2. The number of carbonyl (C=O) groups is 1. The summed E-state index contributed by atoms with van der Waals surface area (Å²) in [6.07, 6.45) is 9.19. The highest BCUT2D eigenvalue weighted by molar-refractivity contribution is 7.88. The van der Waals surface area contributed by atoms with Crippen molar-refractivity contribution in [2.45, 2.75) is 84.2 Å². The molecule has 25 heavy (non-hydrogen) atoms. The number of unbranched alkanes of at least 4 members (excludes halogenated alkanes) is 4. The fourth-order valence-electron chi connectivity index (χ4n) is 2.76. The number of rotatable bonds is 16. The predicted molar refractivity (Wildman–Crippen MR) is 101 cm³/mol. The van der Waals surface area contributed by atoms with Gasteiger partial charge in [0.25, 0.3) is 0 Å². The summed E-state index contributed by atoms with van der Waals surface area (Å²) in [5, 5.41) is 18.8. The van der Waals surface area contributed by atoms with Crippen LogP contribution in [-0.4, -0.2) is 54.4 Å². The maximum absolute atomic E-state index is 11.9. The normalized spacial score (nSPS) is 14.6. The smallest absolute Gasteiger partial charge is 0.306 e. The molecule has 0 aromatic carbocycles. The van der Waals surface area contributed by atoms with Gasteiger partial charge in [-0.15, -0.1) is 0 Å². The van der Waals surface area contributed by atoms with Crippen LogP contribution in [0.1, 0.15) is 78.1 Å². The minimum Gasteiger partial charge on any atom is -0.481 e. The van der Waals surface area contributed by atoms with Crippen molar-refractivity contribution in [1.29, 1.82) is 0 Å². The van der Waals surface area contributed by atoms with Crippen LogP contribution in [0.25, 0.3) is 0 Å². The fraction of sp³-hybridized carbons (Fsp3) is 0.944. The van der Waals surface area contributed by atoms with E-state index >= 15 is 0 Å². The Bertz CT molecular complexity index is 452. The molecule has 2 atom stereocenters. The molecule has 2 unspecified atom stereocenters. The van der Waals surface area contributed by atoms with Crippen LogP contribution in [-0.2, 0) is 14.8 Å². The second kappa shape index (κ2) is 13.5. The van der Waals surface area contributed by atoms with Crippen molar-refractivity contribution in [3.05, 3.63) is 0 Å². The molecule has 0 aromatic heterocycles. The fourth-order valence-corrected chi connectivity index (χ4v) is 3.68. The summed E-state index contributed by atoms with van der Waals surface area (Å²) in [7, 11) is -3.24. The highest BCUT2D eigenvalue weighted by Gasteiger charge is 2.17. The van der Waals surface area contributed by atoms with Crippen LogP contribution in [0, 0.1) is 5.92 Å². The molecule has 0 aliphatic carbocycles. The second-order valence-corrected chi connectivity index (χ2v) is 9.02. The van der Waals surface area contributed by atoms with Crippen molar-refractivity contribution < 1.29 is 23.4 Å². The van der Waals surface area contributed by atoms with E-state index in [4.69, 9.17) is 5.11 Å². The van der Waals surface area contributed by atoms with Gasteiger partial charge in [0.15, 0.2) is 0 Å². The lowest BCUT2D eigenvalue weighted by molar-refractivity contribution is -0.141. The van der Waals surface area contributed by atoms with Gasteiger partial charge in [-0.25, -0.2) is 12.7 Å². The van der Waals surface area contributed by atoms with Crippen LogP contribution in [0.4, 0.5) is 0 Å². The van der Waals surface area contributed by atoms with Crippen LogP contribution < -0.4 is 0 Å². The lowest BCUT2D eigenvalue weighted by Crippen LogP contribution is -2.32. The first-order valence-electron chi connectivity index (χ1n) is 9.54. The lowest BCUT2D eigenvalue weighted by atomic mass is 10.0. The van der Waals surface area contributed by atoms with E-state index in [0.717, 1.165) is 44.9 Å². The molecule has 0 saturated carbocycles. The summed E-state index contributed by atoms with van der Waals surface area (Å²) in [5.41, 5.74) is 0. The molecule has 0 heterocycles. The Labute approximate surface area is 153 Å². The Balaban J connectivity index is 4.04. The van der Waals surface area contributed by atoms with Crippen molar-refractivity contribution in [3.8, 4) is 0 Å². The third-order valence-corrected chi connectivity index (χ3v) is 5.82. The predicted octanol–water partition coefficient (Wildman–Crippen LogP) is 3.25. The summed E-state index contributed by atoms with van der Waals surface area (Å²) < 4.78 is 25.2. The molecule has 0 bridgehead atoms. The molecule has 0 spiro atoms. The SMILES string of the molecule is CCCCCC(O)CCCN(CCCCCC(C)C(=O)O)S(C)(=O)=O. The van der Waals surface area contributed by atoms with Crippen LogP contribution in [0.3, 0.4) is 0 Å². The van der Waals surface area contributed by atoms with Gasteiger partial charge >= 0.3 is 5.97 Å². The standard InChI is InChI=1S/C18H37NO5S/c1-4-5-7-12-17(20)13-10-15-19(25(3,23)24)14-9-6-8-11-16(2)18(21)22/h16-17,20H,4-15H2,1-3H3,(H,21,22). The van der Waals surface area contributed by atoms with Gasteiger partial charge in [0, 0.05) is 13.1 Å². The number of hydrogen-bond acceptors (Lipinski definition) is 4. The number of aliphatic carboxylic acids is 1. The summed E-state index contributed by atoms with van der Waals surface area (Å²) in [6, 6.07) is 0. The van der Waals surface area contributed by atoms with Crippen LogP contribution in [0.15, 0.2) is 0 Å². The average molecular weight is 380 g/mol. The maximum atomic E-state index is 11.9. The quantitative estimate of drug-likeness (QED) is 0.401. The van der Waals surface area contributed by atoms with Gasteiger partial charge < -0.3 is 10.2 Å². The van der Waals surface area contributed by atoms with Crippen molar-refractivity contribution in [2.24, 2.45) is 5.92 Å². The van der Waals surface area contributed by atoms with E-state index in [-0.39, 0.29) is 12.0 Å². The minimum absolute atomic E-state index is 0.342. The molecule has 0 aromatic rings. The van der Waals surface area contributed by atoms with Crippen molar-refractivity contribution in [1.82, 2.24) is 4.31 Å².